The lowest BCUT2D eigenvalue weighted by Gasteiger charge is -2.11. The maximum absolute atomic E-state index is 8.39. The molecule has 0 saturated carbocycles. The maximum Gasteiger partial charge on any atom is 0.160 e. The van der Waals surface area contributed by atoms with Crippen LogP contribution in [0.1, 0.15) is 11.1 Å². The molecule has 0 aliphatic heterocycles. The van der Waals surface area contributed by atoms with Gasteiger partial charge in [0.15, 0.2) is 5.82 Å². The van der Waals surface area contributed by atoms with Crippen LogP contribution in [-0.2, 0) is 0 Å². The van der Waals surface area contributed by atoms with Gasteiger partial charge < -0.3 is 5.73 Å². The Morgan fingerprint density at radius 3 is 2.19 bits per heavy atom. The third-order valence-corrected chi connectivity index (χ3v) is 5.02. The zero-order chi connectivity index (χ0) is 22.3. The van der Waals surface area contributed by atoms with Crippen LogP contribution in [0.4, 0.5) is 5.69 Å². The fraction of sp³-hybridized carbons (Fsp3) is 0.0370. The van der Waals surface area contributed by atoms with Gasteiger partial charge in [0, 0.05) is 34.6 Å². The standard InChI is InChI=1S/C20H15N3.C7H6N2/c1-14-6-2-3-7-16(14)19-17-8-4-5-9-18(17)22-20(23-19)15-10-12-21-13-11-15;8-5-6-3-1-2-4-7(6)9/h2-13H,1H3;1-4H,9H2. The highest BCUT2D eigenvalue weighted by atomic mass is 14.9. The number of rotatable bonds is 2. The van der Waals surface area contributed by atoms with E-state index in [1.165, 1.54) is 5.56 Å². The molecule has 0 saturated heterocycles. The number of hydrogen-bond donors (Lipinski definition) is 1. The lowest BCUT2D eigenvalue weighted by molar-refractivity contribution is 1.21. The molecule has 32 heavy (non-hydrogen) atoms. The van der Waals surface area contributed by atoms with E-state index in [2.05, 4.69) is 30.1 Å². The predicted molar refractivity (Wildman–Crippen MR) is 129 cm³/mol. The van der Waals surface area contributed by atoms with Crippen molar-refractivity contribution in [2.24, 2.45) is 0 Å². The normalized spacial score (nSPS) is 10.1. The largest absolute Gasteiger partial charge is 0.398 e. The van der Waals surface area contributed by atoms with Crippen molar-refractivity contribution in [3.8, 4) is 28.7 Å². The number of nitrogens with zero attached hydrogens (tertiary/aromatic N) is 4. The molecule has 154 valence electrons. The molecule has 5 rings (SSSR count). The summed E-state index contributed by atoms with van der Waals surface area (Å²) >= 11 is 0. The highest BCUT2D eigenvalue weighted by Crippen LogP contribution is 2.30. The number of fused-ring (bicyclic) bond motifs is 1. The Balaban J connectivity index is 0.000000230. The van der Waals surface area contributed by atoms with Crippen LogP contribution < -0.4 is 5.73 Å². The summed E-state index contributed by atoms with van der Waals surface area (Å²) in [6, 6.07) is 29.3. The molecule has 5 aromatic rings. The summed E-state index contributed by atoms with van der Waals surface area (Å²) in [6.07, 6.45) is 3.53. The Bertz CT molecular complexity index is 1400. The third kappa shape index (κ3) is 4.45. The van der Waals surface area contributed by atoms with Gasteiger partial charge >= 0.3 is 0 Å². The Hall–Kier alpha value is -4.56. The summed E-state index contributed by atoms with van der Waals surface area (Å²) in [5, 5.41) is 9.46. The second-order valence-electron chi connectivity index (χ2n) is 7.16. The molecule has 5 heteroatoms. The Morgan fingerprint density at radius 2 is 1.47 bits per heavy atom. The number of nitrogens with two attached hydrogens (primary N) is 1. The summed E-state index contributed by atoms with van der Waals surface area (Å²) in [7, 11) is 0. The van der Waals surface area contributed by atoms with Gasteiger partial charge in [0.2, 0.25) is 0 Å². The van der Waals surface area contributed by atoms with Crippen LogP contribution in [0.25, 0.3) is 33.5 Å². The number of aromatic nitrogens is 3. The summed E-state index contributed by atoms with van der Waals surface area (Å²) in [5.74, 6) is 0.726. The minimum absolute atomic E-state index is 0.539. The van der Waals surface area contributed by atoms with E-state index in [-0.39, 0.29) is 0 Å². The number of para-hydroxylation sites is 2. The zero-order valence-electron chi connectivity index (χ0n) is 17.6. The van der Waals surface area contributed by atoms with Crippen LogP contribution >= 0.6 is 0 Å². The Morgan fingerprint density at radius 1 is 0.781 bits per heavy atom. The van der Waals surface area contributed by atoms with E-state index in [1.54, 1.807) is 36.7 Å². The molecule has 0 fully saturated rings. The van der Waals surface area contributed by atoms with E-state index in [1.807, 2.05) is 48.5 Å². The number of benzene rings is 3. The molecule has 2 N–H and O–H groups in total. The topological polar surface area (TPSA) is 88.5 Å². The average Bonchev–Trinajstić information content (AvgIpc) is 2.85. The minimum Gasteiger partial charge on any atom is -0.398 e. The summed E-state index contributed by atoms with van der Waals surface area (Å²) in [4.78, 5) is 13.7. The molecular weight excluding hydrogens is 394 g/mol. The van der Waals surface area contributed by atoms with Gasteiger partial charge in [-0.15, -0.1) is 0 Å². The first-order valence-electron chi connectivity index (χ1n) is 10.1. The fourth-order valence-corrected chi connectivity index (χ4v) is 3.35. The first kappa shape index (κ1) is 20.7. The lowest BCUT2D eigenvalue weighted by Crippen LogP contribution is -1.96. The smallest absolute Gasteiger partial charge is 0.160 e. The van der Waals surface area contributed by atoms with Crippen LogP contribution in [0.3, 0.4) is 0 Å². The molecule has 0 unspecified atom stereocenters. The summed E-state index contributed by atoms with van der Waals surface area (Å²) < 4.78 is 0. The van der Waals surface area contributed by atoms with Crippen molar-refractivity contribution in [2.45, 2.75) is 6.92 Å². The van der Waals surface area contributed by atoms with Crippen molar-refractivity contribution in [3.63, 3.8) is 0 Å². The fourth-order valence-electron chi connectivity index (χ4n) is 3.35. The Labute approximate surface area is 186 Å². The molecule has 0 amide bonds. The minimum atomic E-state index is 0.539. The second-order valence-corrected chi connectivity index (χ2v) is 7.16. The predicted octanol–water partition coefficient (Wildman–Crippen LogP) is 5.81. The number of nitriles is 1. The van der Waals surface area contributed by atoms with E-state index in [0.717, 1.165) is 33.5 Å². The lowest BCUT2D eigenvalue weighted by atomic mass is 10.0. The molecule has 3 aromatic carbocycles. The number of anilines is 1. The SMILES string of the molecule is Cc1ccccc1-c1nc(-c2ccncc2)nc2ccccc12.N#Cc1ccccc1N. The van der Waals surface area contributed by atoms with E-state index in [4.69, 9.17) is 21.0 Å². The number of aryl methyl sites for hydroxylation is 1. The van der Waals surface area contributed by atoms with Crippen molar-refractivity contribution in [3.05, 3.63) is 108 Å². The van der Waals surface area contributed by atoms with Gasteiger partial charge in [0.25, 0.3) is 0 Å². The van der Waals surface area contributed by atoms with Crippen molar-refractivity contribution in [2.75, 3.05) is 5.73 Å². The van der Waals surface area contributed by atoms with E-state index in [0.29, 0.717) is 11.3 Å². The zero-order valence-corrected chi connectivity index (χ0v) is 17.6. The average molecular weight is 416 g/mol. The van der Waals surface area contributed by atoms with Gasteiger partial charge in [0.05, 0.1) is 16.8 Å². The van der Waals surface area contributed by atoms with Gasteiger partial charge in [-0.3, -0.25) is 4.98 Å². The van der Waals surface area contributed by atoms with Gasteiger partial charge in [0.1, 0.15) is 6.07 Å². The van der Waals surface area contributed by atoms with Crippen molar-refractivity contribution >= 4 is 16.6 Å². The molecule has 0 aliphatic rings. The molecule has 0 bridgehead atoms. The van der Waals surface area contributed by atoms with Crippen LogP contribution in [0.5, 0.6) is 0 Å². The van der Waals surface area contributed by atoms with Crippen LogP contribution in [0.15, 0.2) is 97.3 Å². The van der Waals surface area contributed by atoms with E-state index >= 15 is 0 Å². The molecule has 0 aliphatic carbocycles. The molecule has 0 spiro atoms. The highest BCUT2D eigenvalue weighted by Gasteiger charge is 2.12. The van der Waals surface area contributed by atoms with Crippen LogP contribution in [0, 0.1) is 18.3 Å². The van der Waals surface area contributed by atoms with Gasteiger partial charge in [-0.1, -0.05) is 54.6 Å². The monoisotopic (exact) mass is 415 g/mol. The van der Waals surface area contributed by atoms with Crippen molar-refractivity contribution in [1.82, 2.24) is 15.0 Å². The molecule has 2 heterocycles. The molecule has 0 radical (unpaired) electrons. The quantitative estimate of drug-likeness (QED) is 0.368. The Kier molecular flexibility index (Phi) is 6.15. The van der Waals surface area contributed by atoms with Crippen LogP contribution in [0.2, 0.25) is 0 Å². The first-order chi connectivity index (χ1) is 15.7. The molecule has 0 atom stereocenters. The molecule has 2 aromatic heterocycles. The number of nitrogen functional groups attached to an aromatic ring is 1. The van der Waals surface area contributed by atoms with E-state index < -0.39 is 0 Å². The molecular formula is C27H21N5. The van der Waals surface area contributed by atoms with Gasteiger partial charge in [-0.25, -0.2) is 9.97 Å². The summed E-state index contributed by atoms with van der Waals surface area (Å²) in [5.41, 5.74) is 11.7. The highest BCUT2D eigenvalue weighted by molar-refractivity contribution is 5.94. The number of hydrogen-bond acceptors (Lipinski definition) is 5. The first-order valence-corrected chi connectivity index (χ1v) is 10.1. The van der Waals surface area contributed by atoms with Crippen molar-refractivity contribution < 1.29 is 0 Å². The number of pyridine rings is 1. The van der Waals surface area contributed by atoms with Crippen LogP contribution in [-0.4, -0.2) is 15.0 Å². The van der Waals surface area contributed by atoms with Gasteiger partial charge in [-0.2, -0.15) is 5.26 Å². The molecule has 5 nitrogen and oxygen atoms in total. The van der Waals surface area contributed by atoms with Crippen molar-refractivity contribution in [1.29, 1.82) is 5.26 Å². The maximum atomic E-state index is 8.39. The van der Waals surface area contributed by atoms with Gasteiger partial charge in [-0.05, 0) is 42.8 Å². The third-order valence-electron chi connectivity index (χ3n) is 5.02. The second kappa shape index (κ2) is 9.50. The summed E-state index contributed by atoms with van der Waals surface area (Å²) in [6.45, 7) is 2.11. The van der Waals surface area contributed by atoms with E-state index in [9.17, 15) is 0 Å².